The lowest BCUT2D eigenvalue weighted by molar-refractivity contribution is -0.116. The second-order valence-electron chi connectivity index (χ2n) is 8.09. The highest BCUT2D eigenvalue weighted by Gasteiger charge is 2.29. The van der Waals surface area contributed by atoms with Gasteiger partial charge in [0.05, 0.1) is 0 Å². The van der Waals surface area contributed by atoms with Gasteiger partial charge in [-0.05, 0) is 29.3 Å². The number of hydrogen-bond acceptors (Lipinski definition) is 3. The van der Waals surface area contributed by atoms with E-state index in [-0.39, 0.29) is 29.8 Å². The molecule has 4 aromatic carbocycles. The smallest absolute Gasteiger partial charge is 0.225 e. The highest BCUT2D eigenvalue weighted by Crippen LogP contribution is 2.31. The third-order valence-electron chi connectivity index (χ3n) is 6.00. The maximum atomic E-state index is 13.0. The molecule has 0 spiro atoms. The molecule has 0 unspecified atom stereocenters. The fraction of sp³-hybridized carbons (Fsp3) is 0.0690. The summed E-state index contributed by atoms with van der Waals surface area (Å²) in [6.07, 6.45) is 0.251. The Morgan fingerprint density at radius 3 is 1.67 bits per heavy atom. The van der Waals surface area contributed by atoms with Crippen molar-refractivity contribution in [3.05, 3.63) is 137 Å². The van der Waals surface area contributed by atoms with Crippen LogP contribution in [0.1, 0.15) is 55.3 Å². The van der Waals surface area contributed by atoms with Gasteiger partial charge in [0.25, 0.3) is 0 Å². The van der Waals surface area contributed by atoms with E-state index < -0.39 is 0 Å². The molecular weight excluding hydrogens is 410 g/mol. The predicted octanol–water partition coefficient (Wildman–Crippen LogP) is 5.62. The lowest BCUT2D eigenvalue weighted by Gasteiger charge is -2.20. The molecule has 0 atom stereocenters. The normalized spacial score (nSPS) is 12.3. The molecule has 0 heterocycles. The van der Waals surface area contributed by atoms with Crippen LogP contribution in [0, 0.1) is 0 Å². The van der Waals surface area contributed by atoms with Gasteiger partial charge in [0.15, 0.2) is 11.6 Å². The molecule has 160 valence electrons. The topological polar surface area (TPSA) is 63.2 Å². The maximum absolute atomic E-state index is 13.0. The zero-order chi connectivity index (χ0) is 22.8. The summed E-state index contributed by atoms with van der Waals surface area (Å²) in [5.41, 5.74) is 4.11. The second-order valence-corrected chi connectivity index (χ2v) is 8.09. The molecule has 0 radical (unpaired) electrons. The maximum Gasteiger partial charge on any atom is 0.225 e. The van der Waals surface area contributed by atoms with Crippen molar-refractivity contribution in [2.24, 2.45) is 0 Å². The SMILES string of the molecule is O=C(CC(c1ccccc1)c1ccccc1)Nc1ccc2c(c1)C(=O)c1ccccc1C2=O. The summed E-state index contributed by atoms with van der Waals surface area (Å²) in [6.45, 7) is 0. The minimum Gasteiger partial charge on any atom is -0.326 e. The average molecular weight is 431 g/mol. The second kappa shape index (κ2) is 8.67. The van der Waals surface area contributed by atoms with Crippen molar-refractivity contribution in [3.8, 4) is 0 Å². The molecule has 0 fully saturated rings. The van der Waals surface area contributed by atoms with Crippen molar-refractivity contribution in [3.63, 3.8) is 0 Å². The number of ketones is 2. The van der Waals surface area contributed by atoms with Crippen LogP contribution in [0.25, 0.3) is 0 Å². The van der Waals surface area contributed by atoms with Crippen LogP contribution in [0.4, 0.5) is 5.69 Å². The Morgan fingerprint density at radius 1 is 0.606 bits per heavy atom. The van der Waals surface area contributed by atoms with Gasteiger partial charge < -0.3 is 5.32 Å². The first-order valence-electron chi connectivity index (χ1n) is 10.8. The van der Waals surface area contributed by atoms with Crippen LogP contribution in [0.2, 0.25) is 0 Å². The Bertz CT molecular complexity index is 1320. The third-order valence-corrected chi connectivity index (χ3v) is 6.00. The minimum atomic E-state index is -0.206. The van der Waals surface area contributed by atoms with Gasteiger partial charge in [0, 0.05) is 40.3 Å². The molecule has 1 N–H and O–H groups in total. The van der Waals surface area contributed by atoms with Gasteiger partial charge >= 0.3 is 0 Å². The minimum absolute atomic E-state index is 0.0971. The molecule has 0 aromatic heterocycles. The van der Waals surface area contributed by atoms with E-state index in [1.807, 2.05) is 60.7 Å². The molecule has 0 bridgehead atoms. The summed E-state index contributed by atoms with van der Waals surface area (Å²) in [7, 11) is 0. The summed E-state index contributed by atoms with van der Waals surface area (Å²) in [5, 5.41) is 2.92. The molecule has 0 aliphatic heterocycles. The predicted molar refractivity (Wildman–Crippen MR) is 128 cm³/mol. The van der Waals surface area contributed by atoms with Gasteiger partial charge in [0.2, 0.25) is 5.91 Å². The zero-order valence-corrected chi connectivity index (χ0v) is 17.8. The number of amides is 1. The Kier molecular flexibility index (Phi) is 5.41. The monoisotopic (exact) mass is 431 g/mol. The van der Waals surface area contributed by atoms with Gasteiger partial charge in [-0.2, -0.15) is 0 Å². The van der Waals surface area contributed by atoms with Crippen LogP contribution < -0.4 is 5.32 Å². The van der Waals surface area contributed by atoms with Crippen molar-refractivity contribution >= 4 is 23.2 Å². The molecule has 1 aliphatic carbocycles. The number of rotatable bonds is 5. The molecule has 4 aromatic rings. The summed E-state index contributed by atoms with van der Waals surface area (Å²) in [6, 6.07) is 31.6. The summed E-state index contributed by atoms with van der Waals surface area (Å²) in [4.78, 5) is 38.8. The van der Waals surface area contributed by atoms with Gasteiger partial charge in [0.1, 0.15) is 0 Å². The van der Waals surface area contributed by atoms with Crippen molar-refractivity contribution < 1.29 is 14.4 Å². The molecule has 1 amide bonds. The Balaban J connectivity index is 1.40. The first-order valence-corrected chi connectivity index (χ1v) is 10.8. The molecule has 4 nitrogen and oxygen atoms in total. The van der Waals surface area contributed by atoms with Crippen molar-refractivity contribution in [2.75, 3.05) is 5.32 Å². The number of anilines is 1. The van der Waals surface area contributed by atoms with E-state index in [1.54, 1.807) is 42.5 Å². The molecule has 4 heteroatoms. The van der Waals surface area contributed by atoms with E-state index in [0.29, 0.717) is 27.9 Å². The summed E-state index contributed by atoms with van der Waals surface area (Å²) >= 11 is 0. The van der Waals surface area contributed by atoms with E-state index in [0.717, 1.165) is 11.1 Å². The van der Waals surface area contributed by atoms with E-state index in [4.69, 9.17) is 0 Å². The van der Waals surface area contributed by atoms with Gasteiger partial charge in [-0.25, -0.2) is 0 Å². The van der Waals surface area contributed by atoms with E-state index in [9.17, 15) is 14.4 Å². The quantitative estimate of drug-likeness (QED) is 0.393. The lowest BCUT2D eigenvalue weighted by Crippen LogP contribution is -2.22. The number of carbonyl (C=O) groups excluding carboxylic acids is 3. The number of hydrogen-bond donors (Lipinski definition) is 1. The van der Waals surface area contributed by atoms with Crippen LogP contribution in [-0.4, -0.2) is 17.5 Å². The van der Waals surface area contributed by atoms with Crippen LogP contribution in [0.5, 0.6) is 0 Å². The van der Waals surface area contributed by atoms with Gasteiger partial charge in [-0.15, -0.1) is 0 Å². The van der Waals surface area contributed by atoms with Crippen molar-refractivity contribution in [2.45, 2.75) is 12.3 Å². The zero-order valence-electron chi connectivity index (χ0n) is 17.8. The van der Waals surface area contributed by atoms with Crippen molar-refractivity contribution in [1.29, 1.82) is 0 Å². The fourth-order valence-electron chi connectivity index (χ4n) is 4.37. The first-order chi connectivity index (χ1) is 16.1. The molecule has 1 aliphatic rings. The first kappa shape index (κ1) is 20.6. The highest BCUT2D eigenvalue weighted by molar-refractivity contribution is 6.28. The fourth-order valence-corrected chi connectivity index (χ4v) is 4.37. The molecule has 5 rings (SSSR count). The summed E-state index contributed by atoms with van der Waals surface area (Å²) in [5.74, 6) is -0.642. The lowest BCUT2D eigenvalue weighted by atomic mass is 9.84. The highest BCUT2D eigenvalue weighted by atomic mass is 16.2. The molecule has 0 saturated heterocycles. The standard InChI is InChI=1S/C29H21NO3/c31-27(18-25(19-9-3-1-4-10-19)20-11-5-2-6-12-20)30-21-15-16-24-26(17-21)29(33)23-14-8-7-13-22(23)28(24)32/h1-17,25H,18H2,(H,30,31). The molecular formula is C29H21NO3. The van der Waals surface area contributed by atoms with Gasteiger partial charge in [-0.3, -0.25) is 14.4 Å². The van der Waals surface area contributed by atoms with Crippen molar-refractivity contribution in [1.82, 2.24) is 0 Å². The Labute approximate surface area is 191 Å². The summed E-state index contributed by atoms with van der Waals surface area (Å²) < 4.78 is 0. The largest absolute Gasteiger partial charge is 0.326 e. The number of fused-ring (bicyclic) bond motifs is 2. The van der Waals surface area contributed by atoms with Crippen LogP contribution in [0.15, 0.2) is 103 Å². The number of nitrogens with one attached hydrogen (secondary N) is 1. The van der Waals surface area contributed by atoms with Crippen LogP contribution in [0.3, 0.4) is 0 Å². The Morgan fingerprint density at radius 2 is 1.09 bits per heavy atom. The van der Waals surface area contributed by atoms with Crippen LogP contribution in [-0.2, 0) is 4.79 Å². The third kappa shape index (κ3) is 3.99. The molecule has 0 saturated carbocycles. The van der Waals surface area contributed by atoms with Gasteiger partial charge in [-0.1, -0.05) is 84.9 Å². The average Bonchev–Trinajstić information content (AvgIpc) is 2.87. The number of benzene rings is 4. The number of carbonyl (C=O) groups is 3. The van der Waals surface area contributed by atoms with E-state index in [2.05, 4.69) is 5.32 Å². The van der Waals surface area contributed by atoms with E-state index in [1.165, 1.54) is 0 Å². The molecule has 33 heavy (non-hydrogen) atoms. The Hall–Kier alpha value is -4.31. The van der Waals surface area contributed by atoms with E-state index >= 15 is 0 Å². The van der Waals surface area contributed by atoms with Crippen LogP contribution >= 0.6 is 0 Å².